The molecule has 9 heteroatoms. The Morgan fingerprint density at radius 2 is 1.75 bits per heavy atom. The second kappa shape index (κ2) is 18.1. The topological polar surface area (TPSA) is 118 Å². The fourth-order valence-electron chi connectivity index (χ4n) is 4.14. The van der Waals surface area contributed by atoms with Crippen LogP contribution in [0.5, 0.6) is 5.75 Å². The van der Waals surface area contributed by atoms with Crippen LogP contribution in [-0.4, -0.2) is 43.0 Å². The van der Waals surface area contributed by atoms with E-state index in [1.165, 1.54) is 30.6 Å². The Morgan fingerprint density at radius 1 is 1.07 bits per heavy atom. The van der Waals surface area contributed by atoms with Crippen molar-refractivity contribution in [1.82, 2.24) is 4.98 Å². The summed E-state index contributed by atoms with van der Waals surface area (Å²) in [5.74, 6) is 0.287. The van der Waals surface area contributed by atoms with Gasteiger partial charge in [0, 0.05) is 16.9 Å². The molecular weight excluding hydrogens is 528 g/mol. The van der Waals surface area contributed by atoms with Crippen molar-refractivity contribution in [2.75, 3.05) is 19.8 Å². The Balaban J connectivity index is 0.000000598. The number of carbonyl (C=O) groups is 3. The first-order chi connectivity index (χ1) is 19.2. The summed E-state index contributed by atoms with van der Waals surface area (Å²) < 4.78 is 15.2. The first kappa shape index (κ1) is 32.9. The Morgan fingerprint density at radius 3 is 2.35 bits per heavy atom. The van der Waals surface area contributed by atoms with Crippen LogP contribution in [0.2, 0.25) is 0 Å². The largest absolute Gasteiger partial charge is 0.482 e. The molecule has 3 rings (SSSR count). The van der Waals surface area contributed by atoms with Crippen molar-refractivity contribution in [3.63, 3.8) is 0 Å². The molecule has 8 nitrogen and oxygen atoms in total. The normalized spacial score (nSPS) is 14.9. The third kappa shape index (κ3) is 12.3. The molecule has 1 unspecified atom stereocenters. The van der Waals surface area contributed by atoms with Crippen molar-refractivity contribution in [2.45, 2.75) is 72.3 Å². The van der Waals surface area contributed by atoms with Crippen molar-refractivity contribution in [1.29, 1.82) is 0 Å². The van der Waals surface area contributed by atoms with Crippen molar-refractivity contribution in [2.24, 2.45) is 11.7 Å². The maximum atomic E-state index is 11.7. The number of esters is 2. The highest BCUT2D eigenvalue weighted by Gasteiger charge is 2.13. The van der Waals surface area contributed by atoms with Crippen LogP contribution in [0.4, 0.5) is 0 Å². The maximum absolute atomic E-state index is 11.7. The molecule has 0 bridgehead atoms. The van der Waals surface area contributed by atoms with E-state index in [0.717, 1.165) is 41.0 Å². The van der Waals surface area contributed by atoms with Gasteiger partial charge < -0.3 is 24.7 Å². The molecule has 1 aliphatic carbocycles. The van der Waals surface area contributed by atoms with Crippen LogP contribution in [0.1, 0.15) is 82.1 Å². The van der Waals surface area contributed by atoms with Crippen LogP contribution in [0.3, 0.4) is 0 Å². The van der Waals surface area contributed by atoms with Crippen molar-refractivity contribution >= 4 is 35.6 Å². The molecule has 40 heavy (non-hydrogen) atoms. The second-order valence-corrected chi connectivity index (χ2v) is 10.5. The zero-order chi connectivity index (χ0) is 29.3. The third-order valence-corrected chi connectivity index (χ3v) is 7.15. The van der Waals surface area contributed by atoms with E-state index in [9.17, 15) is 14.4 Å². The minimum atomic E-state index is -0.394. The molecule has 218 valence electrons. The second-order valence-electron chi connectivity index (χ2n) is 9.63. The van der Waals surface area contributed by atoms with Crippen LogP contribution in [0.25, 0.3) is 6.08 Å². The molecule has 1 aliphatic rings. The summed E-state index contributed by atoms with van der Waals surface area (Å²) in [6.45, 7) is 7.74. The fourth-order valence-corrected chi connectivity index (χ4v) is 4.91. The number of aromatic nitrogens is 1. The maximum Gasteiger partial charge on any atom is 0.344 e. The van der Waals surface area contributed by atoms with E-state index >= 15 is 0 Å². The van der Waals surface area contributed by atoms with Gasteiger partial charge in [0.15, 0.2) is 6.61 Å². The molecule has 1 fully saturated rings. The first-order valence-corrected chi connectivity index (χ1v) is 14.7. The zero-order valence-corrected chi connectivity index (χ0v) is 24.8. The lowest BCUT2D eigenvalue weighted by atomic mass is 9.91. The van der Waals surface area contributed by atoms with Crippen molar-refractivity contribution in [3.8, 4) is 5.75 Å². The molecule has 2 aromatic rings. The lowest BCUT2D eigenvalue weighted by Crippen LogP contribution is -2.15. The molecule has 0 spiro atoms. The van der Waals surface area contributed by atoms with Gasteiger partial charge >= 0.3 is 11.9 Å². The number of nitrogens with zero attached hydrogens (tertiary/aromatic N) is 1. The summed E-state index contributed by atoms with van der Waals surface area (Å²) >= 11 is 1.50. The molecule has 0 amide bonds. The molecule has 1 saturated carbocycles. The minimum Gasteiger partial charge on any atom is -0.482 e. The van der Waals surface area contributed by atoms with Gasteiger partial charge in [-0.1, -0.05) is 31.4 Å². The van der Waals surface area contributed by atoms with Crippen LogP contribution >= 0.6 is 11.3 Å². The fraction of sp³-hybridized carbons (Fsp3) is 0.484. The number of thiazole rings is 1. The summed E-state index contributed by atoms with van der Waals surface area (Å²) in [5.41, 5.74) is 9.64. The van der Waals surface area contributed by atoms with Gasteiger partial charge in [-0.2, -0.15) is 0 Å². The molecule has 1 aromatic heterocycles. The Bertz CT molecular complexity index is 1130. The van der Waals surface area contributed by atoms with Crippen molar-refractivity contribution in [3.05, 3.63) is 63.1 Å². The zero-order valence-electron chi connectivity index (χ0n) is 24.0. The number of ether oxygens (including phenoxy) is 3. The Labute approximate surface area is 241 Å². The molecular formula is C31H42N2O6S. The van der Waals surface area contributed by atoms with Crippen molar-refractivity contribution < 1.29 is 28.6 Å². The lowest BCUT2D eigenvalue weighted by Gasteiger charge is -2.14. The van der Waals surface area contributed by atoms with Gasteiger partial charge in [0.1, 0.15) is 17.0 Å². The molecule has 1 aromatic carbocycles. The van der Waals surface area contributed by atoms with E-state index in [-0.39, 0.29) is 18.6 Å². The highest BCUT2D eigenvalue weighted by Crippen LogP contribution is 2.23. The summed E-state index contributed by atoms with van der Waals surface area (Å²) in [5, 5.41) is 2.77. The third-order valence-electron chi connectivity index (χ3n) is 6.16. The Hall–Kier alpha value is -3.30. The number of rotatable bonds is 12. The number of hydrogen-bond donors (Lipinski definition) is 1. The first-order valence-electron chi connectivity index (χ1n) is 13.8. The van der Waals surface area contributed by atoms with Crippen LogP contribution in [-0.2, 0) is 30.3 Å². The van der Waals surface area contributed by atoms with Crippen LogP contribution in [0.15, 0.2) is 46.9 Å². The predicted molar refractivity (Wildman–Crippen MR) is 158 cm³/mol. The van der Waals surface area contributed by atoms with E-state index < -0.39 is 5.97 Å². The number of hydrogen-bond acceptors (Lipinski definition) is 9. The van der Waals surface area contributed by atoms with Gasteiger partial charge in [-0.25, -0.2) is 14.6 Å². The molecule has 1 heterocycles. The summed E-state index contributed by atoms with van der Waals surface area (Å²) in [6, 6.07) is 7.20. The van der Waals surface area contributed by atoms with Gasteiger partial charge in [-0.05, 0) is 82.4 Å². The van der Waals surface area contributed by atoms with Gasteiger partial charge in [0.05, 0.1) is 24.9 Å². The molecule has 0 aliphatic heterocycles. The summed E-state index contributed by atoms with van der Waals surface area (Å²) in [7, 11) is 0. The predicted octanol–water partition coefficient (Wildman–Crippen LogP) is 6.01. The van der Waals surface area contributed by atoms with E-state index in [2.05, 4.69) is 4.98 Å². The lowest BCUT2D eigenvalue weighted by molar-refractivity contribution is -0.145. The summed E-state index contributed by atoms with van der Waals surface area (Å²) in [6.07, 6.45) is 11.6. The van der Waals surface area contributed by atoms with E-state index in [0.29, 0.717) is 36.9 Å². The van der Waals surface area contributed by atoms with Gasteiger partial charge in [-0.15, -0.1) is 11.3 Å². The average Bonchev–Trinajstić information content (AvgIpc) is 3.42. The van der Waals surface area contributed by atoms with E-state index in [1.807, 2.05) is 30.5 Å². The van der Waals surface area contributed by atoms with Crippen LogP contribution < -0.4 is 10.5 Å². The van der Waals surface area contributed by atoms with Gasteiger partial charge in [0.2, 0.25) is 0 Å². The Kier molecular flexibility index (Phi) is 14.9. The average molecular weight is 571 g/mol. The number of allylic oxidation sites excluding steroid dienone is 2. The molecule has 0 saturated heterocycles. The standard InChI is InChI=1S/C24H30N2O5S.C7H12O/c1-5-29-22(27)14-31-20-9-7-18(8-10-20)13-21(25)23-26-19(15-32-23)12-16(3)11-17(4)24(28)30-6-2;8-6-7-4-2-1-3-5-7/h7-12,15,21H,5-6,13-14,25H2,1-4H3;6-7H,1-5H2/b16-12+,17-11-;. The monoisotopic (exact) mass is 570 g/mol. The van der Waals surface area contributed by atoms with E-state index in [4.69, 9.17) is 19.9 Å². The molecule has 2 N–H and O–H groups in total. The number of aldehydes is 1. The number of carbonyl (C=O) groups excluding carboxylic acids is 3. The highest BCUT2D eigenvalue weighted by molar-refractivity contribution is 7.09. The van der Waals surface area contributed by atoms with E-state index in [1.54, 1.807) is 39.0 Å². The minimum absolute atomic E-state index is 0.115. The SMILES string of the molecule is CCOC(=O)COc1ccc(CC(N)c2nc(/C=C(C)/C=C(/C)C(=O)OCC)cs2)cc1.O=CC1CCCCC1. The quantitative estimate of drug-likeness (QED) is 0.143. The van der Waals surface area contributed by atoms with Gasteiger partial charge in [-0.3, -0.25) is 0 Å². The smallest absolute Gasteiger partial charge is 0.344 e. The molecule has 1 atom stereocenters. The van der Waals surface area contributed by atoms with Gasteiger partial charge in [0.25, 0.3) is 0 Å². The molecule has 0 radical (unpaired) electrons. The van der Waals surface area contributed by atoms with Crippen LogP contribution in [0, 0.1) is 5.92 Å². The number of benzene rings is 1. The summed E-state index contributed by atoms with van der Waals surface area (Å²) in [4.78, 5) is 37.9. The number of nitrogens with two attached hydrogens (primary N) is 1. The highest BCUT2D eigenvalue weighted by atomic mass is 32.1.